The molecule has 2 aromatic carbocycles. The van der Waals surface area contributed by atoms with Crippen LogP contribution in [0.5, 0.6) is 0 Å². The molecule has 0 aliphatic carbocycles. The van der Waals surface area contributed by atoms with Crippen LogP contribution in [0, 0.1) is 11.3 Å². The predicted octanol–water partition coefficient (Wildman–Crippen LogP) is 4.58. The molecule has 0 amide bonds. The molecular formula is C19H21NO. The first-order valence-corrected chi connectivity index (χ1v) is 7.50. The second-order valence-electron chi connectivity index (χ2n) is 5.10. The zero-order valence-corrected chi connectivity index (χ0v) is 12.5. The summed E-state index contributed by atoms with van der Waals surface area (Å²) in [6.07, 6.45) is 3.27. The van der Waals surface area contributed by atoms with Crippen molar-refractivity contribution < 1.29 is 4.74 Å². The van der Waals surface area contributed by atoms with Gasteiger partial charge in [-0.3, -0.25) is 0 Å². The minimum atomic E-state index is 0.694. The van der Waals surface area contributed by atoms with Gasteiger partial charge in [-0.15, -0.1) is 0 Å². The Morgan fingerprint density at radius 3 is 2.10 bits per heavy atom. The van der Waals surface area contributed by atoms with Crippen molar-refractivity contribution in [1.82, 2.24) is 0 Å². The number of rotatable bonds is 7. The smallest absolute Gasteiger partial charge is 0.0991 e. The molecule has 0 radical (unpaired) electrons. The molecule has 2 heteroatoms. The number of unbranched alkanes of at least 4 members (excludes halogenated alkanes) is 1. The number of ether oxygens (including phenoxy) is 1. The lowest BCUT2D eigenvalue weighted by Crippen LogP contribution is -1.99. The van der Waals surface area contributed by atoms with Crippen LogP contribution in [-0.2, 0) is 11.2 Å². The summed E-state index contributed by atoms with van der Waals surface area (Å²) in [5.41, 5.74) is 4.30. The van der Waals surface area contributed by atoms with Crippen LogP contribution in [0.4, 0.5) is 0 Å². The molecule has 0 fully saturated rings. The van der Waals surface area contributed by atoms with Gasteiger partial charge in [0.25, 0.3) is 0 Å². The van der Waals surface area contributed by atoms with Crippen LogP contribution in [0.2, 0.25) is 0 Å². The van der Waals surface area contributed by atoms with Crippen molar-refractivity contribution in [2.45, 2.75) is 26.2 Å². The Hall–Kier alpha value is -2.11. The van der Waals surface area contributed by atoms with E-state index in [4.69, 9.17) is 10.00 Å². The quantitative estimate of drug-likeness (QED) is 0.695. The summed E-state index contributed by atoms with van der Waals surface area (Å²) in [5.74, 6) is 0. The lowest BCUT2D eigenvalue weighted by molar-refractivity contribution is 0.134. The Labute approximate surface area is 127 Å². The Kier molecular flexibility index (Phi) is 5.99. The fourth-order valence-corrected chi connectivity index (χ4v) is 2.14. The third-order valence-electron chi connectivity index (χ3n) is 3.48. The summed E-state index contributed by atoms with van der Waals surface area (Å²) in [5, 5.41) is 8.81. The predicted molar refractivity (Wildman–Crippen MR) is 86.0 cm³/mol. The van der Waals surface area contributed by atoms with Gasteiger partial charge in [0.15, 0.2) is 0 Å². The van der Waals surface area contributed by atoms with Gasteiger partial charge in [0.2, 0.25) is 0 Å². The second-order valence-corrected chi connectivity index (χ2v) is 5.10. The standard InChI is InChI=1S/C19H21NO/c1-2-3-13-21-14-12-16-4-8-18(9-5-16)19-10-6-17(15-20)7-11-19/h4-11H,2-3,12-14H2,1H3. The summed E-state index contributed by atoms with van der Waals surface area (Å²) >= 11 is 0. The molecule has 0 aromatic heterocycles. The molecule has 2 nitrogen and oxygen atoms in total. The van der Waals surface area contributed by atoms with Crippen molar-refractivity contribution in [1.29, 1.82) is 5.26 Å². The number of nitrogens with zero attached hydrogens (tertiary/aromatic N) is 1. The van der Waals surface area contributed by atoms with E-state index in [9.17, 15) is 0 Å². The normalized spacial score (nSPS) is 10.3. The summed E-state index contributed by atoms with van der Waals surface area (Å²) in [6, 6.07) is 18.4. The van der Waals surface area contributed by atoms with Gasteiger partial charge in [0.1, 0.15) is 0 Å². The van der Waals surface area contributed by atoms with Crippen LogP contribution in [0.25, 0.3) is 11.1 Å². The lowest BCUT2D eigenvalue weighted by Gasteiger charge is -2.06. The first kappa shape index (κ1) is 15.3. The minimum Gasteiger partial charge on any atom is -0.381 e. The fraction of sp³-hybridized carbons (Fsp3) is 0.316. The molecule has 108 valence electrons. The zero-order chi connectivity index (χ0) is 14.9. The maximum atomic E-state index is 8.81. The first-order chi connectivity index (χ1) is 10.3. The van der Waals surface area contributed by atoms with E-state index in [0.29, 0.717) is 5.56 Å². The molecule has 2 rings (SSSR count). The van der Waals surface area contributed by atoms with Crippen molar-refractivity contribution in [2.24, 2.45) is 0 Å². The van der Waals surface area contributed by atoms with Crippen LogP contribution in [0.15, 0.2) is 48.5 Å². The molecule has 0 spiro atoms. The molecule has 0 unspecified atom stereocenters. The van der Waals surface area contributed by atoms with Gasteiger partial charge in [-0.05, 0) is 41.7 Å². The van der Waals surface area contributed by atoms with Gasteiger partial charge in [0, 0.05) is 6.61 Å². The monoisotopic (exact) mass is 279 g/mol. The van der Waals surface area contributed by atoms with Gasteiger partial charge in [-0.2, -0.15) is 5.26 Å². The van der Waals surface area contributed by atoms with E-state index in [1.807, 2.05) is 24.3 Å². The highest BCUT2D eigenvalue weighted by atomic mass is 16.5. The first-order valence-electron chi connectivity index (χ1n) is 7.50. The second kappa shape index (κ2) is 8.24. The Bertz CT molecular complexity index is 578. The molecule has 0 saturated carbocycles. The van der Waals surface area contributed by atoms with Crippen molar-refractivity contribution in [2.75, 3.05) is 13.2 Å². The van der Waals surface area contributed by atoms with Crippen molar-refractivity contribution in [3.63, 3.8) is 0 Å². The van der Waals surface area contributed by atoms with Crippen LogP contribution in [0.1, 0.15) is 30.9 Å². The molecule has 0 bridgehead atoms. The third kappa shape index (κ3) is 4.73. The Morgan fingerprint density at radius 1 is 0.905 bits per heavy atom. The molecule has 0 aliphatic rings. The average molecular weight is 279 g/mol. The van der Waals surface area contributed by atoms with Crippen LogP contribution >= 0.6 is 0 Å². The Balaban J connectivity index is 1.90. The summed E-state index contributed by atoms with van der Waals surface area (Å²) < 4.78 is 5.59. The number of nitriles is 1. The highest BCUT2D eigenvalue weighted by molar-refractivity contribution is 5.64. The fourth-order valence-electron chi connectivity index (χ4n) is 2.14. The highest BCUT2D eigenvalue weighted by Crippen LogP contribution is 2.20. The summed E-state index contributed by atoms with van der Waals surface area (Å²) in [6.45, 7) is 3.82. The van der Waals surface area contributed by atoms with E-state index >= 15 is 0 Å². The summed E-state index contributed by atoms with van der Waals surface area (Å²) in [7, 11) is 0. The third-order valence-corrected chi connectivity index (χ3v) is 3.48. The molecule has 21 heavy (non-hydrogen) atoms. The molecule has 0 atom stereocenters. The van der Waals surface area contributed by atoms with Crippen molar-refractivity contribution in [3.8, 4) is 17.2 Å². The van der Waals surface area contributed by atoms with Gasteiger partial charge in [0.05, 0.1) is 18.2 Å². The van der Waals surface area contributed by atoms with Crippen molar-refractivity contribution >= 4 is 0 Å². The molecule has 0 aliphatic heterocycles. The maximum Gasteiger partial charge on any atom is 0.0991 e. The molecule has 0 heterocycles. The zero-order valence-electron chi connectivity index (χ0n) is 12.5. The van der Waals surface area contributed by atoms with E-state index in [0.717, 1.165) is 31.6 Å². The van der Waals surface area contributed by atoms with E-state index < -0.39 is 0 Å². The molecule has 0 N–H and O–H groups in total. The number of hydrogen-bond donors (Lipinski definition) is 0. The van der Waals surface area contributed by atoms with Crippen LogP contribution < -0.4 is 0 Å². The largest absolute Gasteiger partial charge is 0.381 e. The van der Waals surface area contributed by atoms with E-state index in [1.165, 1.54) is 17.5 Å². The van der Waals surface area contributed by atoms with Gasteiger partial charge in [-0.1, -0.05) is 49.7 Å². The molecule has 2 aromatic rings. The van der Waals surface area contributed by atoms with Gasteiger partial charge < -0.3 is 4.74 Å². The average Bonchev–Trinajstić information content (AvgIpc) is 2.55. The van der Waals surface area contributed by atoms with E-state index in [-0.39, 0.29) is 0 Å². The maximum absolute atomic E-state index is 8.81. The SMILES string of the molecule is CCCCOCCc1ccc(-c2ccc(C#N)cc2)cc1. The lowest BCUT2D eigenvalue weighted by atomic mass is 10.0. The topological polar surface area (TPSA) is 33.0 Å². The van der Waals surface area contributed by atoms with Gasteiger partial charge in [-0.25, -0.2) is 0 Å². The molecule has 0 saturated heterocycles. The van der Waals surface area contributed by atoms with E-state index in [2.05, 4.69) is 37.3 Å². The summed E-state index contributed by atoms with van der Waals surface area (Å²) in [4.78, 5) is 0. The Morgan fingerprint density at radius 2 is 1.52 bits per heavy atom. The number of hydrogen-bond acceptors (Lipinski definition) is 2. The van der Waals surface area contributed by atoms with Crippen molar-refractivity contribution in [3.05, 3.63) is 59.7 Å². The van der Waals surface area contributed by atoms with E-state index in [1.54, 1.807) is 0 Å². The van der Waals surface area contributed by atoms with Crippen LogP contribution in [0.3, 0.4) is 0 Å². The highest BCUT2D eigenvalue weighted by Gasteiger charge is 1.99. The molecular weight excluding hydrogens is 258 g/mol. The minimum absolute atomic E-state index is 0.694. The number of benzene rings is 2. The van der Waals surface area contributed by atoms with Crippen LogP contribution in [-0.4, -0.2) is 13.2 Å². The van der Waals surface area contributed by atoms with Gasteiger partial charge >= 0.3 is 0 Å².